The Morgan fingerprint density at radius 1 is 1.25 bits per heavy atom. The second-order valence-electron chi connectivity index (χ2n) is 3.24. The van der Waals surface area contributed by atoms with E-state index in [-0.39, 0.29) is 0 Å². The van der Waals surface area contributed by atoms with Crippen molar-refractivity contribution in [3.05, 3.63) is 35.9 Å². The SMILES string of the molecule is CCC[C@@H](N)Cc1ccccc1. The molecular formula is C11H17N. The zero-order chi connectivity index (χ0) is 8.81. The number of rotatable bonds is 4. The monoisotopic (exact) mass is 163 g/mol. The Bertz CT molecular complexity index is 206. The lowest BCUT2D eigenvalue weighted by Gasteiger charge is -2.09. The first-order valence-electron chi connectivity index (χ1n) is 4.62. The molecule has 0 amide bonds. The summed E-state index contributed by atoms with van der Waals surface area (Å²) in [5, 5.41) is 0. The lowest BCUT2D eigenvalue weighted by Crippen LogP contribution is -2.22. The molecule has 12 heavy (non-hydrogen) atoms. The van der Waals surface area contributed by atoms with E-state index in [1.165, 1.54) is 12.0 Å². The fourth-order valence-electron chi connectivity index (χ4n) is 1.39. The van der Waals surface area contributed by atoms with Crippen LogP contribution in [0.5, 0.6) is 0 Å². The van der Waals surface area contributed by atoms with Crippen molar-refractivity contribution in [2.24, 2.45) is 5.73 Å². The fraction of sp³-hybridized carbons (Fsp3) is 0.455. The van der Waals surface area contributed by atoms with Crippen molar-refractivity contribution in [3.8, 4) is 0 Å². The van der Waals surface area contributed by atoms with Gasteiger partial charge in [-0.25, -0.2) is 0 Å². The van der Waals surface area contributed by atoms with Crippen LogP contribution in [0.15, 0.2) is 30.3 Å². The van der Waals surface area contributed by atoms with E-state index in [0.29, 0.717) is 6.04 Å². The van der Waals surface area contributed by atoms with Crippen molar-refractivity contribution in [3.63, 3.8) is 0 Å². The summed E-state index contributed by atoms with van der Waals surface area (Å²) < 4.78 is 0. The van der Waals surface area contributed by atoms with Gasteiger partial charge < -0.3 is 5.73 Å². The molecule has 1 rings (SSSR count). The molecule has 0 saturated heterocycles. The Hall–Kier alpha value is -0.820. The molecule has 66 valence electrons. The third-order valence-corrected chi connectivity index (χ3v) is 2.00. The molecule has 1 aromatic rings. The van der Waals surface area contributed by atoms with Gasteiger partial charge in [0.05, 0.1) is 0 Å². The lowest BCUT2D eigenvalue weighted by molar-refractivity contribution is 0.600. The molecule has 0 aliphatic heterocycles. The summed E-state index contributed by atoms with van der Waals surface area (Å²) in [6, 6.07) is 10.8. The molecule has 0 aliphatic rings. The maximum absolute atomic E-state index is 5.92. The molecule has 0 aromatic heterocycles. The van der Waals surface area contributed by atoms with Crippen LogP contribution < -0.4 is 5.73 Å². The van der Waals surface area contributed by atoms with Crippen LogP contribution in [0, 0.1) is 0 Å². The molecule has 0 bridgehead atoms. The van der Waals surface area contributed by atoms with Crippen molar-refractivity contribution in [1.29, 1.82) is 0 Å². The molecule has 0 heterocycles. The Morgan fingerprint density at radius 2 is 1.92 bits per heavy atom. The van der Waals surface area contributed by atoms with Crippen LogP contribution in [0.4, 0.5) is 0 Å². The molecule has 0 spiro atoms. The van der Waals surface area contributed by atoms with Crippen molar-refractivity contribution in [1.82, 2.24) is 0 Å². The van der Waals surface area contributed by atoms with E-state index in [0.717, 1.165) is 12.8 Å². The summed E-state index contributed by atoms with van der Waals surface area (Å²) in [7, 11) is 0. The van der Waals surface area contributed by atoms with Gasteiger partial charge in [-0.05, 0) is 18.4 Å². The third kappa shape index (κ3) is 3.05. The molecule has 1 heteroatoms. The predicted molar refractivity (Wildman–Crippen MR) is 53.0 cm³/mol. The highest BCUT2D eigenvalue weighted by molar-refractivity contribution is 5.15. The van der Waals surface area contributed by atoms with E-state index in [2.05, 4.69) is 31.2 Å². The van der Waals surface area contributed by atoms with Gasteiger partial charge in [0, 0.05) is 6.04 Å². The van der Waals surface area contributed by atoms with Gasteiger partial charge in [-0.3, -0.25) is 0 Å². The van der Waals surface area contributed by atoms with Gasteiger partial charge in [-0.15, -0.1) is 0 Å². The highest BCUT2D eigenvalue weighted by Gasteiger charge is 2.00. The zero-order valence-corrected chi connectivity index (χ0v) is 7.66. The van der Waals surface area contributed by atoms with Gasteiger partial charge in [-0.1, -0.05) is 43.7 Å². The molecule has 1 atom stereocenters. The molecule has 0 saturated carbocycles. The van der Waals surface area contributed by atoms with Gasteiger partial charge in [0.2, 0.25) is 0 Å². The maximum Gasteiger partial charge on any atom is 0.00792 e. The van der Waals surface area contributed by atoms with Crippen LogP contribution >= 0.6 is 0 Å². The van der Waals surface area contributed by atoms with E-state index >= 15 is 0 Å². The molecule has 2 N–H and O–H groups in total. The topological polar surface area (TPSA) is 26.0 Å². The molecular weight excluding hydrogens is 146 g/mol. The second-order valence-corrected chi connectivity index (χ2v) is 3.24. The Morgan fingerprint density at radius 3 is 2.50 bits per heavy atom. The minimum absolute atomic E-state index is 0.331. The average Bonchev–Trinajstić information content (AvgIpc) is 2.06. The second kappa shape index (κ2) is 4.94. The van der Waals surface area contributed by atoms with Crippen molar-refractivity contribution in [2.75, 3.05) is 0 Å². The van der Waals surface area contributed by atoms with Gasteiger partial charge in [-0.2, -0.15) is 0 Å². The molecule has 0 fully saturated rings. The third-order valence-electron chi connectivity index (χ3n) is 2.00. The summed E-state index contributed by atoms with van der Waals surface area (Å²) in [5.41, 5.74) is 7.26. The normalized spacial score (nSPS) is 12.8. The van der Waals surface area contributed by atoms with Crippen LogP contribution in [0.1, 0.15) is 25.3 Å². The zero-order valence-electron chi connectivity index (χ0n) is 7.66. The van der Waals surface area contributed by atoms with Crippen LogP contribution in [-0.2, 0) is 6.42 Å². The minimum atomic E-state index is 0.331. The average molecular weight is 163 g/mol. The van der Waals surface area contributed by atoms with E-state index < -0.39 is 0 Å². The van der Waals surface area contributed by atoms with E-state index in [9.17, 15) is 0 Å². The minimum Gasteiger partial charge on any atom is -0.327 e. The number of benzene rings is 1. The number of hydrogen-bond donors (Lipinski definition) is 1. The Balaban J connectivity index is 2.41. The lowest BCUT2D eigenvalue weighted by atomic mass is 10.0. The Kier molecular flexibility index (Phi) is 3.81. The van der Waals surface area contributed by atoms with Crippen molar-refractivity contribution in [2.45, 2.75) is 32.2 Å². The van der Waals surface area contributed by atoms with Crippen LogP contribution in [0.2, 0.25) is 0 Å². The summed E-state index contributed by atoms with van der Waals surface area (Å²) in [5.74, 6) is 0. The molecule has 0 radical (unpaired) electrons. The fourth-order valence-corrected chi connectivity index (χ4v) is 1.39. The first-order chi connectivity index (χ1) is 5.83. The smallest absolute Gasteiger partial charge is 0.00792 e. The van der Waals surface area contributed by atoms with Crippen LogP contribution in [0.3, 0.4) is 0 Å². The predicted octanol–water partition coefficient (Wildman–Crippen LogP) is 2.36. The highest BCUT2D eigenvalue weighted by Crippen LogP contribution is 2.04. The molecule has 1 aromatic carbocycles. The molecule has 1 nitrogen and oxygen atoms in total. The van der Waals surface area contributed by atoms with E-state index in [4.69, 9.17) is 5.73 Å². The van der Waals surface area contributed by atoms with Gasteiger partial charge in [0.25, 0.3) is 0 Å². The van der Waals surface area contributed by atoms with Gasteiger partial charge >= 0.3 is 0 Å². The molecule has 0 aliphatic carbocycles. The highest BCUT2D eigenvalue weighted by atomic mass is 14.6. The van der Waals surface area contributed by atoms with E-state index in [1.54, 1.807) is 0 Å². The quantitative estimate of drug-likeness (QED) is 0.724. The first-order valence-corrected chi connectivity index (χ1v) is 4.62. The summed E-state index contributed by atoms with van der Waals surface area (Å²) in [6.45, 7) is 2.17. The largest absolute Gasteiger partial charge is 0.327 e. The van der Waals surface area contributed by atoms with Gasteiger partial charge in [0.15, 0.2) is 0 Å². The first kappa shape index (κ1) is 9.27. The molecule has 0 unspecified atom stereocenters. The Labute approximate surface area is 74.6 Å². The van der Waals surface area contributed by atoms with Crippen molar-refractivity contribution < 1.29 is 0 Å². The van der Waals surface area contributed by atoms with Gasteiger partial charge in [0.1, 0.15) is 0 Å². The summed E-state index contributed by atoms with van der Waals surface area (Å²) in [4.78, 5) is 0. The maximum atomic E-state index is 5.92. The summed E-state index contributed by atoms with van der Waals surface area (Å²) in [6.07, 6.45) is 3.30. The van der Waals surface area contributed by atoms with Crippen molar-refractivity contribution >= 4 is 0 Å². The standard InChI is InChI=1S/C11H17N/c1-2-6-11(12)9-10-7-4-3-5-8-10/h3-5,7-8,11H,2,6,9,12H2,1H3/t11-/m1/s1. The van der Waals surface area contributed by atoms with E-state index in [1.807, 2.05) is 6.07 Å². The number of hydrogen-bond acceptors (Lipinski definition) is 1. The van der Waals surface area contributed by atoms with Crippen LogP contribution in [-0.4, -0.2) is 6.04 Å². The number of nitrogens with two attached hydrogens (primary N) is 1. The van der Waals surface area contributed by atoms with Crippen LogP contribution in [0.25, 0.3) is 0 Å². The summed E-state index contributed by atoms with van der Waals surface area (Å²) >= 11 is 0.